The Balaban J connectivity index is 3.08. The van der Waals surface area contributed by atoms with Crippen LogP contribution >= 0.6 is 0 Å². The molecule has 0 spiro atoms. The molecule has 0 aliphatic heterocycles. The van der Waals surface area contributed by atoms with E-state index >= 15 is 0 Å². The minimum Gasteiger partial charge on any atom is -0.399 e. The van der Waals surface area contributed by atoms with Gasteiger partial charge in [-0.1, -0.05) is 13.8 Å². The van der Waals surface area contributed by atoms with E-state index in [4.69, 9.17) is 10.8 Å². The quantitative estimate of drug-likeness (QED) is 0.776. The van der Waals surface area contributed by atoms with Crippen LogP contribution in [0.2, 0.25) is 0 Å². The molecule has 0 fully saturated rings. The molecule has 19 heavy (non-hydrogen) atoms. The average Bonchev–Trinajstić information content (AvgIpc) is 2.41. The molecule has 1 aromatic carbocycles. The van der Waals surface area contributed by atoms with Gasteiger partial charge < -0.3 is 15.7 Å². The maximum atomic E-state index is 13.7. The van der Waals surface area contributed by atoms with E-state index in [2.05, 4.69) is 0 Å². The van der Waals surface area contributed by atoms with Crippen molar-refractivity contribution in [2.75, 3.05) is 18.9 Å². The van der Waals surface area contributed by atoms with Crippen molar-refractivity contribution in [1.29, 1.82) is 0 Å². The van der Waals surface area contributed by atoms with E-state index in [-0.39, 0.29) is 24.8 Å². The van der Waals surface area contributed by atoms with Gasteiger partial charge >= 0.3 is 0 Å². The summed E-state index contributed by atoms with van der Waals surface area (Å²) in [7, 11) is 0. The minimum atomic E-state index is -0.590. The summed E-state index contributed by atoms with van der Waals surface area (Å²) in [6.07, 6.45) is 1.51. The fraction of sp³-hybridized carbons (Fsp3) is 0.500. The number of halogens is 1. The van der Waals surface area contributed by atoms with E-state index in [1.54, 1.807) is 0 Å². The SMILES string of the molecule is CCC(CC)N(CCO)C(=O)c1cc(N)ccc1F. The number of carbonyl (C=O) groups is 1. The monoisotopic (exact) mass is 268 g/mol. The smallest absolute Gasteiger partial charge is 0.257 e. The normalized spacial score (nSPS) is 10.8. The lowest BCUT2D eigenvalue weighted by atomic mass is 10.1. The number of carbonyl (C=O) groups excluding carboxylic acids is 1. The zero-order valence-electron chi connectivity index (χ0n) is 11.4. The molecule has 4 nitrogen and oxygen atoms in total. The van der Waals surface area contributed by atoms with Crippen molar-refractivity contribution < 1.29 is 14.3 Å². The van der Waals surface area contributed by atoms with Gasteiger partial charge in [-0.2, -0.15) is 0 Å². The fourth-order valence-electron chi connectivity index (χ4n) is 2.15. The molecule has 0 aliphatic rings. The molecule has 0 atom stereocenters. The number of amides is 1. The van der Waals surface area contributed by atoms with Crippen LogP contribution in [0, 0.1) is 5.82 Å². The standard InChI is InChI=1S/C14H21FN2O2/c1-3-11(4-2)17(7-8-18)14(19)12-9-10(16)5-6-13(12)15/h5-6,9,11,18H,3-4,7-8,16H2,1-2H3. The Morgan fingerprint density at radius 1 is 1.42 bits per heavy atom. The second kappa shape index (κ2) is 7.09. The number of hydrogen-bond donors (Lipinski definition) is 2. The lowest BCUT2D eigenvalue weighted by Crippen LogP contribution is -2.42. The van der Waals surface area contributed by atoms with Crippen LogP contribution in [0.4, 0.5) is 10.1 Å². The summed E-state index contributed by atoms with van der Waals surface area (Å²) in [6.45, 7) is 3.97. The van der Waals surface area contributed by atoms with Gasteiger partial charge in [-0.3, -0.25) is 4.79 Å². The van der Waals surface area contributed by atoms with Crippen LogP contribution < -0.4 is 5.73 Å². The summed E-state index contributed by atoms with van der Waals surface area (Å²) in [5.74, 6) is -1.01. The van der Waals surface area contributed by atoms with Gasteiger partial charge in [-0.25, -0.2) is 4.39 Å². The van der Waals surface area contributed by atoms with E-state index < -0.39 is 11.7 Å². The first-order valence-corrected chi connectivity index (χ1v) is 6.51. The minimum absolute atomic E-state index is 0.0134. The van der Waals surface area contributed by atoms with Gasteiger partial charge in [0.05, 0.1) is 12.2 Å². The van der Waals surface area contributed by atoms with E-state index in [0.29, 0.717) is 5.69 Å². The second-order valence-electron chi connectivity index (χ2n) is 4.43. The first-order chi connectivity index (χ1) is 9.04. The van der Waals surface area contributed by atoms with E-state index in [1.165, 1.54) is 23.1 Å². The fourth-order valence-corrected chi connectivity index (χ4v) is 2.15. The van der Waals surface area contributed by atoms with Gasteiger partial charge in [0.1, 0.15) is 5.82 Å². The molecule has 0 unspecified atom stereocenters. The Bertz CT molecular complexity index is 433. The molecule has 5 heteroatoms. The lowest BCUT2D eigenvalue weighted by molar-refractivity contribution is 0.0617. The summed E-state index contributed by atoms with van der Waals surface area (Å²) >= 11 is 0. The van der Waals surface area contributed by atoms with Crippen LogP contribution in [0.1, 0.15) is 37.0 Å². The first-order valence-electron chi connectivity index (χ1n) is 6.51. The van der Waals surface area contributed by atoms with Gasteiger partial charge in [0.25, 0.3) is 5.91 Å². The molecule has 3 N–H and O–H groups in total. The molecule has 0 aromatic heterocycles. The zero-order valence-corrected chi connectivity index (χ0v) is 11.4. The van der Waals surface area contributed by atoms with Crippen molar-refractivity contribution in [2.45, 2.75) is 32.7 Å². The second-order valence-corrected chi connectivity index (χ2v) is 4.43. The van der Waals surface area contributed by atoms with Crippen molar-refractivity contribution in [3.05, 3.63) is 29.6 Å². The Hall–Kier alpha value is -1.62. The van der Waals surface area contributed by atoms with Crippen LogP contribution in [0.25, 0.3) is 0 Å². The largest absolute Gasteiger partial charge is 0.399 e. The van der Waals surface area contributed by atoms with E-state index in [1.807, 2.05) is 13.8 Å². The maximum Gasteiger partial charge on any atom is 0.257 e. The predicted octanol–water partition coefficient (Wildman–Crippen LogP) is 2.03. The Morgan fingerprint density at radius 2 is 2.05 bits per heavy atom. The van der Waals surface area contributed by atoms with Crippen molar-refractivity contribution in [3.8, 4) is 0 Å². The summed E-state index contributed by atoms with van der Waals surface area (Å²) in [5, 5.41) is 9.08. The average molecular weight is 268 g/mol. The molecule has 1 amide bonds. The topological polar surface area (TPSA) is 66.6 Å². The van der Waals surface area contributed by atoms with E-state index in [9.17, 15) is 9.18 Å². The van der Waals surface area contributed by atoms with Crippen LogP contribution in [0.15, 0.2) is 18.2 Å². The first kappa shape index (κ1) is 15.4. The number of hydrogen-bond acceptors (Lipinski definition) is 3. The number of nitrogen functional groups attached to an aromatic ring is 1. The third kappa shape index (κ3) is 3.67. The highest BCUT2D eigenvalue weighted by Gasteiger charge is 2.24. The Labute approximate surface area is 113 Å². The number of rotatable bonds is 6. The lowest BCUT2D eigenvalue weighted by Gasteiger charge is -2.30. The maximum absolute atomic E-state index is 13.7. The molecule has 0 aliphatic carbocycles. The molecule has 106 valence electrons. The zero-order chi connectivity index (χ0) is 14.4. The summed E-state index contributed by atoms with van der Waals surface area (Å²) in [4.78, 5) is 13.9. The molecule has 0 saturated carbocycles. The highest BCUT2D eigenvalue weighted by molar-refractivity contribution is 5.95. The molecule has 1 rings (SSSR count). The van der Waals surface area contributed by atoms with E-state index in [0.717, 1.165) is 12.8 Å². The number of benzene rings is 1. The van der Waals surface area contributed by atoms with Gasteiger partial charge in [0, 0.05) is 18.3 Å². The predicted molar refractivity (Wildman–Crippen MR) is 73.3 cm³/mol. The summed E-state index contributed by atoms with van der Waals surface area (Å²) < 4.78 is 13.7. The molecular formula is C14H21FN2O2. The van der Waals surface area contributed by atoms with Crippen molar-refractivity contribution >= 4 is 11.6 Å². The molecule has 0 saturated heterocycles. The number of nitrogens with two attached hydrogens (primary N) is 1. The molecule has 0 radical (unpaired) electrons. The van der Waals surface area contributed by atoms with Gasteiger partial charge in [0.15, 0.2) is 0 Å². The number of anilines is 1. The molecular weight excluding hydrogens is 247 g/mol. The van der Waals surface area contributed by atoms with Crippen LogP contribution in [0.5, 0.6) is 0 Å². The summed E-state index contributed by atoms with van der Waals surface area (Å²) in [6, 6.07) is 3.93. The van der Waals surface area contributed by atoms with Crippen LogP contribution in [0.3, 0.4) is 0 Å². The Kier molecular flexibility index (Phi) is 5.76. The molecule has 1 aromatic rings. The summed E-state index contributed by atoms with van der Waals surface area (Å²) in [5.41, 5.74) is 5.90. The molecule has 0 heterocycles. The van der Waals surface area contributed by atoms with Crippen molar-refractivity contribution in [1.82, 2.24) is 4.90 Å². The highest BCUT2D eigenvalue weighted by Crippen LogP contribution is 2.18. The Morgan fingerprint density at radius 3 is 2.58 bits per heavy atom. The highest BCUT2D eigenvalue weighted by atomic mass is 19.1. The third-order valence-corrected chi connectivity index (χ3v) is 3.21. The van der Waals surface area contributed by atoms with Crippen molar-refractivity contribution in [2.24, 2.45) is 0 Å². The number of aliphatic hydroxyl groups is 1. The van der Waals surface area contributed by atoms with Gasteiger partial charge in [0.2, 0.25) is 0 Å². The van der Waals surface area contributed by atoms with Crippen LogP contribution in [-0.2, 0) is 0 Å². The number of aliphatic hydroxyl groups excluding tert-OH is 1. The van der Waals surface area contributed by atoms with Crippen molar-refractivity contribution in [3.63, 3.8) is 0 Å². The molecule has 0 bridgehead atoms. The van der Waals surface area contributed by atoms with Gasteiger partial charge in [-0.05, 0) is 31.0 Å². The van der Waals surface area contributed by atoms with Gasteiger partial charge in [-0.15, -0.1) is 0 Å². The third-order valence-electron chi connectivity index (χ3n) is 3.21. The van der Waals surface area contributed by atoms with Crippen LogP contribution in [-0.4, -0.2) is 35.1 Å². The number of nitrogens with zero attached hydrogens (tertiary/aromatic N) is 1.